The Hall–Kier alpha value is -3.01. The molecule has 1 aromatic carbocycles. The fourth-order valence-electron chi connectivity index (χ4n) is 3.26. The van der Waals surface area contributed by atoms with Crippen molar-refractivity contribution in [3.8, 4) is 12.3 Å². The summed E-state index contributed by atoms with van der Waals surface area (Å²) in [5.74, 6) is 1.90. The topological polar surface area (TPSA) is 87.7 Å². The highest BCUT2D eigenvalue weighted by Crippen LogP contribution is 2.25. The van der Waals surface area contributed by atoms with Crippen molar-refractivity contribution < 1.29 is 19.1 Å². The van der Waals surface area contributed by atoms with Gasteiger partial charge in [0, 0.05) is 18.7 Å². The van der Waals surface area contributed by atoms with Gasteiger partial charge in [-0.25, -0.2) is 4.79 Å². The van der Waals surface area contributed by atoms with E-state index in [1.165, 1.54) is 4.90 Å². The van der Waals surface area contributed by atoms with Crippen molar-refractivity contribution in [1.29, 1.82) is 0 Å². The Morgan fingerprint density at radius 3 is 2.38 bits per heavy atom. The number of nitrogens with zero attached hydrogens (tertiary/aromatic N) is 1. The van der Waals surface area contributed by atoms with E-state index in [4.69, 9.17) is 11.2 Å². The predicted octanol–water partition coefficient (Wildman–Crippen LogP) is 3.78. The highest BCUT2D eigenvalue weighted by molar-refractivity contribution is 5.92. The molecular weight excluding hydrogens is 406 g/mol. The third kappa shape index (κ3) is 8.26. The monoisotopic (exact) mass is 443 g/mol. The molecule has 0 bridgehead atoms. The van der Waals surface area contributed by atoms with E-state index in [0.29, 0.717) is 17.7 Å². The first kappa shape index (κ1) is 27.0. The molecule has 2 N–H and O–H groups in total. The van der Waals surface area contributed by atoms with Gasteiger partial charge in [-0.2, -0.15) is 0 Å². The molecule has 0 saturated heterocycles. The quantitative estimate of drug-likeness (QED) is 0.426. The van der Waals surface area contributed by atoms with Crippen LogP contribution in [0.4, 0.5) is 4.79 Å². The Kier molecular flexibility index (Phi) is 10.8. The number of benzene rings is 1. The minimum Gasteiger partial charge on any atom is -0.444 e. The Morgan fingerprint density at radius 2 is 1.81 bits per heavy atom. The Labute approximate surface area is 192 Å². The number of carbonyl (C=O) groups is 3. The number of hydrogen-bond donors (Lipinski definition) is 2. The van der Waals surface area contributed by atoms with Crippen LogP contribution in [0.3, 0.4) is 0 Å². The molecule has 7 nitrogen and oxygen atoms in total. The molecular formula is C25H37N3O4. The molecule has 2 atom stereocenters. The maximum atomic E-state index is 13.3. The van der Waals surface area contributed by atoms with Crippen molar-refractivity contribution in [3.05, 3.63) is 35.4 Å². The number of ether oxygens (including phenoxy) is 1. The first-order valence-corrected chi connectivity index (χ1v) is 11.2. The van der Waals surface area contributed by atoms with Gasteiger partial charge in [-0.05, 0) is 52.7 Å². The third-order valence-corrected chi connectivity index (χ3v) is 4.78. The molecule has 32 heavy (non-hydrogen) atoms. The highest BCUT2D eigenvalue weighted by Gasteiger charge is 2.34. The van der Waals surface area contributed by atoms with Crippen LogP contribution in [0.1, 0.15) is 78.0 Å². The molecule has 0 aliphatic heterocycles. The molecule has 0 radical (unpaired) electrons. The lowest BCUT2D eigenvalue weighted by molar-refractivity contribution is -0.141. The van der Waals surface area contributed by atoms with Crippen LogP contribution >= 0.6 is 0 Å². The van der Waals surface area contributed by atoms with Crippen molar-refractivity contribution in [3.63, 3.8) is 0 Å². The summed E-state index contributed by atoms with van der Waals surface area (Å²) in [4.78, 5) is 40.1. The average molecular weight is 444 g/mol. The lowest BCUT2D eigenvalue weighted by Gasteiger charge is -2.33. The first-order valence-electron chi connectivity index (χ1n) is 11.2. The van der Waals surface area contributed by atoms with Crippen LogP contribution in [0, 0.1) is 12.3 Å². The minimum atomic E-state index is -0.913. The van der Waals surface area contributed by atoms with Crippen LogP contribution in [0.15, 0.2) is 24.3 Å². The van der Waals surface area contributed by atoms with E-state index in [9.17, 15) is 14.4 Å². The Morgan fingerprint density at radius 1 is 1.16 bits per heavy atom. The molecule has 0 aliphatic carbocycles. The van der Waals surface area contributed by atoms with Gasteiger partial charge in [0.15, 0.2) is 0 Å². The fourth-order valence-corrected chi connectivity index (χ4v) is 3.26. The van der Waals surface area contributed by atoms with E-state index in [2.05, 4.69) is 23.5 Å². The van der Waals surface area contributed by atoms with Gasteiger partial charge in [0.2, 0.25) is 11.8 Å². The number of amides is 3. The first-order chi connectivity index (χ1) is 15.1. The number of carbonyl (C=O) groups excluding carboxylic acids is 3. The average Bonchev–Trinajstić information content (AvgIpc) is 2.72. The van der Waals surface area contributed by atoms with Gasteiger partial charge in [-0.15, -0.1) is 6.42 Å². The van der Waals surface area contributed by atoms with E-state index in [1.54, 1.807) is 58.9 Å². The molecule has 176 valence electrons. The smallest absolute Gasteiger partial charge is 0.408 e. The summed E-state index contributed by atoms with van der Waals surface area (Å²) in [5.41, 5.74) is 0.423. The molecule has 0 heterocycles. The molecule has 0 spiro atoms. The van der Waals surface area contributed by atoms with E-state index in [1.807, 2.05) is 0 Å². The van der Waals surface area contributed by atoms with Crippen molar-refractivity contribution in [2.24, 2.45) is 0 Å². The highest BCUT2D eigenvalue weighted by atomic mass is 16.6. The maximum Gasteiger partial charge on any atom is 0.408 e. The van der Waals surface area contributed by atoms with E-state index in [-0.39, 0.29) is 12.5 Å². The zero-order valence-corrected chi connectivity index (χ0v) is 20.2. The van der Waals surface area contributed by atoms with Gasteiger partial charge in [0.25, 0.3) is 0 Å². The van der Waals surface area contributed by atoms with Crippen LogP contribution < -0.4 is 10.6 Å². The second-order valence-corrected chi connectivity index (χ2v) is 8.62. The number of hydrogen-bond acceptors (Lipinski definition) is 4. The number of terminal acetylenes is 1. The van der Waals surface area contributed by atoms with Gasteiger partial charge < -0.3 is 20.3 Å². The number of alkyl carbamates (subject to hydrolysis) is 1. The standard InChI is InChI=1S/C25H37N3O4/c1-8-11-14-17-26-22(29)21(20-16-13-12-15-19(20)9-2)28(10-3)23(30)18(4)27-24(31)32-25(5,6)7/h2,12-13,15-16,18,21H,8,10-11,14,17H2,1,3-7H3,(H,26,29)(H,27,31). The molecule has 0 saturated carbocycles. The maximum absolute atomic E-state index is 13.3. The van der Waals surface area contributed by atoms with Gasteiger partial charge in [0.05, 0.1) is 0 Å². The lowest BCUT2D eigenvalue weighted by Crippen LogP contribution is -2.52. The number of unbranched alkanes of at least 4 members (excludes halogenated alkanes) is 2. The molecule has 3 amide bonds. The molecule has 1 aromatic rings. The molecule has 0 fully saturated rings. The van der Waals surface area contributed by atoms with Gasteiger partial charge in [-0.1, -0.05) is 43.9 Å². The molecule has 0 aliphatic rings. The zero-order valence-electron chi connectivity index (χ0n) is 20.2. The Bertz CT molecular complexity index is 823. The summed E-state index contributed by atoms with van der Waals surface area (Å²) in [6.07, 6.45) is 7.86. The normalized spacial score (nSPS) is 12.8. The van der Waals surface area contributed by atoms with E-state index < -0.39 is 29.7 Å². The summed E-state index contributed by atoms with van der Waals surface area (Å²) in [7, 11) is 0. The van der Waals surface area contributed by atoms with E-state index in [0.717, 1.165) is 19.3 Å². The van der Waals surface area contributed by atoms with Crippen molar-refractivity contribution in [2.45, 2.75) is 78.5 Å². The lowest BCUT2D eigenvalue weighted by atomic mass is 9.97. The van der Waals surface area contributed by atoms with Crippen LogP contribution in [-0.4, -0.2) is 47.5 Å². The summed E-state index contributed by atoms with van der Waals surface area (Å²) in [6, 6.07) is 5.27. The van der Waals surface area contributed by atoms with Crippen LogP contribution in [0.25, 0.3) is 0 Å². The molecule has 1 rings (SSSR count). The third-order valence-electron chi connectivity index (χ3n) is 4.78. The summed E-state index contributed by atoms with van der Waals surface area (Å²) >= 11 is 0. The second kappa shape index (κ2) is 12.7. The van der Waals surface area contributed by atoms with Gasteiger partial charge in [-0.3, -0.25) is 9.59 Å². The van der Waals surface area contributed by atoms with Crippen molar-refractivity contribution in [2.75, 3.05) is 13.1 Å². The molecule has 2 unspecified atom stereocenters. The SMILES string of the molecule is C#Cc1ccccc1C(C(=O)NCCCCC)N(CC)C(=O)C(C)NC(=O)OC(C)(C)C. The summed E-state index contributed by atoms with van der Waals surface area (Å²) < 4.78 is 5.25. The van der Waals surface area contributed by atoms with E-state index >= 15 is 0 Å². The van der Waals surface area contributed by atoms with Crippen LogP contribution in [0.5, 0.6) is 0 Å². The zero-order chi connectivity index (χ0) is 24.3. The molecule has 0 aromatic heterocycles. The number of likely N-dealkylation sites (N-methyl/N-ethyl adjacent to an activating group) is 1. The predicted molar refractivity (Wildman–Crippen MR) is 126 cm³/mol. The Balaban J connectivity index is 3.18. The summed E-state index contributed by atoms with van der Waals surface area (Å²) in [5, 5.41) is 5.49. The van der Waals surface area contributed by atoms with Crippen molar-refractivity contribution >= 4 is 17.9 Å². The van der Waals surface area contributed by atoms with Gasteiger partial charge >= 0.3 is 6.09 Å². The molecule has 7 heteroatoms. The number of rotatable bonds is 10. The van der Waals surface area contributed by atoms with Gasteiger partial charge in [0.1, 0.15) is 17.7 Å². The van der Waals surface area contributed by atoms with Crippen LogP contribution in [0.2, 0.25) is 0 Å². The fraction of sp³-hybridized carbons (Fsp3) is 0.560. The minimum absolute atomic E-state index is 0.255. The van der Waals surface area contributed by atoms with Crippen LogP contribution in [-0.2, 0) is 14.3 Å². The van der Waals surface area contributed by atoms with Crippen molar-refractivity contribution in [1.82, 2.24) is 15.5 Å². The number of nitrogens with one attached hydrogen (secondary N) is 2. The summed E-state index contributed by atoms with van der Waals surface area (Å²) in [6.45, 7) is 11.4. The largest absolute Gasteiger partial charge is 0.444 e. The second-order valence-electron chi connectivity index (χ2n) is 8.62.